The maximum atomic E-state index is 11.5. The summed E-state index contributed by atoms with van der Waals surface area (Å²) in [6.07, 6.45) is 4.03. The predicted octanol–water partition coefficient (Wildman–Crippen LogP) is 0.846. The number of hydrogen-bond donors (Lipinski definition) is 2. The molecule has 1 saturated carbocycles. The molecular weight excluding hydrogens is 212 g/mol. The molecule has 5 heteroatoms. The fourth-order valence-corrected chi connectivity index (χ4v) is 2.73. The quantitative estimate of drug-likeness (QED) is 0.612. The van der Waals surface area contributed by atoms with Gasteiger partial charge in [0.2, 0.25) is 10.0 Å². The van der Waals surface area contributed by atoms with Gasteiger partial charge in [0, 0.05) is 12.1 Å². The first-order chi connectivity index (χ1) is 7.03. The summed E-state index contributed by atoms with van der Waals surface area (Å²) in [5, 5.41) is 3.30. The van der Waals surface area contributed by atoms with Crippen molar-refractivity contribution in [1.82, 2.24) is 10.0 Å². The Balaban J connectivity index is 2.11. The summed E-state index contributed by atoms with van der Waals surface area (Å²) >= 11 is 0. The monoisotopic (exact) mass is 234 g/mol. The van der Waals surface area contributed by atoms with Crippen molar-refractivity contribution in [3.8, 4) is 0 Å². The predicted molar refractivity (Wildman–Crippen MR) is 62.3 cm³/mol. The van der Waals surface area contributed by atoms with E-state index in [2.05, 4.69) is 10.0 Å². The molecule has 1 rings (SSSR count). The minimum Gasteiger partial charge on any atom is -0.314 e. The zero-order valence-corrected chi connectivity index (χ0v) is 10.4. The molecule has 0 spiro atoms. The van der Waals surface area contributed by atoms with Gasteiger partial charge in [0.05, 0.1) is 5.75 Å². The van der Waals surface area contributed by atoms with E-state index >= 15 is 0 Å². The molecule has 1 atom stereocenters. The smallest absolute Gasteiger partial charge is 0.211 e. The first kappa shape index (κ1) is 12.9. The van der Waals surface area contributed by atoms with Gasteiger partial charge in [-0.25, -0.2) is 13.1 Å². The third-order valence-electron chi connectivity index (χ3n) is 2.59. The average Bonchev–Trinajstić information content (AvgIpc) is 2.95. The number of rotatable bonds is 8. The van der Waals surface area contributed by atoms with Crippen LogP contribution in [0.1, 0.15) is 39.5 Å². The summed E-state index contributed by atoms with van der Waals surface area (Å²) in [4.78, 5) is 0. The Bertz CT molecular complexity index is 273. The highest BCUT2D eigenvalue weighted by molar-refractivity contribution is 7.89. The van der Waals surface area contributed by atoms with Crippen LogP contribution in [0.3, 0.4) is 0 Å². The van der Waals surface area contributed by atoms with Crippen LogP contribution in [-0.2, 0) is 10.0 Å². The minimum atomic E-state index is -3.06. The van der Waals surface area contributed by atoms with Crippen LogP contribution in [0.15, 0.2) is 0 Å². The van der Waals surface area contributed by atoms with E-state index in [0.717, 1.165) is 13.0 Å². The molecule has 0 aromatic carbocycles. The van der Waals surface area contributed by atoms with Gasteiger partial charge in [-0.3, -0.25) is 0 Å². The van der Waals surface area contributed by atoms with Gasteiger partial charge >= 0.3 is 0 Å². The summed E-state index contributed by atoms with van der Waals surface area (Å²) in [6, 6.07) is 0.710. The lowest BCUT2D eigenvalue weighted by atomic mass is 10.3. The van der Waals surface area contributed by atoms with Crippen LogP contribution >= 0.6 is 0 Å². The summed E-state index contributed by atoms with van der Waals surface area (Å²) < 4.78 is 25.7. The zero-order valence-electron chi connectivity index (χ0n) is 9.62. The number of nitrogens with one attached hydrogen (secondary N) is 2. The number of sulfonamides is 1. The SMILES string of the molecule is CCC(C)NS(=O)(=O)CCCNC1CC1. The average molecular weight is 234 g/mol. The molecule has 0 radical (unpaired) electrons. The normalized spacial score (nSPS) is 19.1. The van der Waals surface area contributed by atoms with Gasteiger partial charge in [-0.1, -0.05) is 6.92 Å². The second kappa shape index (κ2) is 5.82. The highest BCUT2D eigenvalue weighted by Gasteiger charge is 2.20. The van der Waals surface area contributed by atoms with Crippen molar-refractivity contribution >= 4 is 10.0 Å². The molecule has 1 fully saturated rings. The second-order valence-electron chi connectivity index (χ2n) is 4.33. The first-order valence-corrected chi connectivity index (χ1v) is 7.42. The highest BCUT2D eigenvalue weighted by Crippen LogP contribution is 2.18. The van der Waals surface area contributed by atoms with E-state index in [1.165, 1.54) is 12.8 Å². The first-order valence-electron chi connectivity index (χ1n) is 5.77. The molecule has 0 aromatic heterocycles. The lowest BCUT2D eigenvalue weighted by Crippen LogP contribution is -2.34. The zero-order chi connectivity index (χ0) is 11.3. The van der Waals surface area contributed by atoms with Crippen LogP contribution in [0.25, 0.3) is 0 Å². The third kappa shape index (κ3) is 6.12. The topological polar surface area (TPSA) is 58.2 Å². The number of hydrogen-bond acceptors (Lipinski definition) is 3. The fraction of sp³-hybridized carbons (Fsp3) is 1.00. The van der Waals surface area contributed by atoms with E-state index in [0.29, 0.717) is 12.5 Å². The van der Waals surface area contributed by atoms with Gasteiger partial charge in [0.25, 0.3) is 0 Å². The van der Waals surface area contributed by atoms with E-state index in [4.69, 9.17) is 0 Å². The maximum absolute atomic E-state index is 11.5. The van der Waals surface area contributed by atoms with E-state index in [9.17, 15) is 8.42 Å². The Morgan fingerprint density at radius 3 is 2.60 bits per heavy atom. The van der Waals surface area contributed by atoms with E-state index in [-0.39, 0.29) is 11.8 Å². The van der Waals surface area contributed by atoms with Gasteiger partial charge < -0.3 is 5.32 Å². The van der Waals surface area contributed by atoms with Crippen molar-refractivity contribution in [3.63, 3.8) is 0 Å². The molecule has 1 unspecified atom stereocenters. The van der Waals surface area contributed by atoms with E-state index in [1.54, 1.807) is 0 Å². The largest absolute Gasteiger partial charge is 0.314 e. The van der Waals surface area contributed by atoms with Crippen molar-refractivity contribution in [2.24, 2.45) is 0 Å². The standard InChI is InChI=1S/C10H22N2O2S/c1-3-9(2)12-15(13,14)8-4-7-11-10-5-6-10/h9-12H,3-8H2,1-2H3. The molecule has 0 aromatic rings. The molecular formula is C10H22N2O2S. The second-order valence-corrected chi connectivity index (χ2v) is 6.20. The summed E-state index contributed by atoms with van der Waals surface area (Å²) in [6.45, 7) is 4.67. The molecule has 90 valence electrons. The molecule has 0 heterocycles. The van der Waals surface area contributed by atoms with Crippen molar-refractivity contribution in [2.45, 2.75) is 51.6 Å². The van der Waals surface area contributed by atoms with Gasteiger partial charge in [0.1, 0.15) is 0 Å². The Hall–Kier alpha value is -0.130. The Kier molecular flexibility index (Phi) is 5.02. The lowest BCUT2D eigenvalue weighted by Gasteiger charge is -2.11. The van der Waals surface area contributed by atoms with Crippen molar-refractivity contribution in [3.05, 3.63) is 0 Å². The minimum absolute atomic E-state index is 0.0476. The fourth-order valence-electron chi connectivity index (χ4n) is 1.30. The third-order valence-corrected chi connectivity index (χ3v) is 4.18. The van der Waals surface area contributed by atoms with E-state index in [1.807, 2.05) is 13.8 Å². The lowest BCUT2D eigenvalue weighted by molar-refractivity contribution is 0.551. The molecule has 0 amide bonds. The molecule has 0 saturated heterocycles. The van der Waals surface area contributed by atoms with Crippen LogP contribution in [0, 0.1) is 0 Å². The van der Waals surface area contributed by atoms with Gasteiger partial charge in [-0.2, -0.15) is 0 Å². The molecule has 4 nitrogen and oxygen atoms in total. The Labute approximate surface area is 92.9 Å². The van der Waals surface area contributed by atoms with Crippen LogP contribution in [0.4, 0.5) is 0 Å². The summed E-state index contributed by atoms with van der Waals surface area (Å²) in [5.74, 6) is 0.233. The molecule has 0 bridgehead atoms. The molecule has 1 aliphatic rings. The van der Waals surface area contributed by atoms with Crippen molar-refractivity contribution in [1.29, 1.82) is 0 Å². The molecule has 2 N–H and O–H groups in total. The van der Waals surface area contributed by atoms with Gasteiger partial charge in [0.15, 0.2) is 0 Å². The van der Waals surface area contributed by atoms with Crippen LogP contribution in [0.2, 0.25) is 0 Å². The molecule has 1 aliphatic carbocycles. The Morgan fingerprint density at radius 1 is 1.40 bits per heavy atom. The van der Waals surface area contributed by atoms with Crippen LogP contribution < -0.4 is 10.0 Å². The van der Waals surface area contributed by atoms with Crippen molar-refractivity contribution < 1.29 is 8.42 Å². The Morgan fingerprint density at radius 2 is 2.07 bits per heavy atom. The van der Waals surface area contributed by atoms with Gasteiger partial charge in [-0.05, 0) is 39.2 Å². The maximum Gasteiger partial charge on any atom is 0.211 e. The highest BCUT2D eigenvalue weighted by atomic mass is 32.2. The summed E-state index contributed by atoms with van der Waals surface area (Å²) in [7, 11) is -3.06. The van der Waals surface area contributed by atoms with Gasteiger partial charge in [-0.15, -0.1) is 0 Å². The summed E-state index contributed by atoms with van der Waals surface area (Å²) in [5.41, 5.74) is 0. The van der Waals surface area contributed by atoms with E-state index < -0.39 is 10.0 Å². The van der Waals surface area contributed by atoms with Crippen LogP contribution in [0.5, 0.6) is 0 Å². The molecule has 0 aliphatic heterocycles. The molecule has 15 heavy (non-hydrogen) atoms. The van der Waals surface area contributed by atoms with Crippen LogP contribution in [-0.4, -0.2) is 32.8 Å². The van der Waals surface area contributed by atoms with Crippen molar-refractivity contribution in [2.75, 3.05) is 12.3 Å².